The van der Waals surface area contributed by atoms with E-state index in [0.29, 0.717) is 17.0 Å². The lowest BCUT2D eigenvalue weighted by molar-refractivity contribution is 0.102. The molecule has 2 aromatic rings. The average molecular weight is 262 g/mol. The van der Waals surface area contributed by atoms with E-state index in [2.05, 4.69) is 5.10 Å². The van der Waals surface area contributed by atoms with E-state index in [1.165, 1.54) is 37.6 Å². The van der Waals surface area contributed by atoms with Crippen molar-refractivity contribution in [2.75, 3.05) is 7.11 Å². The first-order chi connectivity index (χ1) is 9.04. The molecule has 0 N–H and O–H groups in total. The van der Waals surface area contributed by atoms with Gasteiger partial charge in [-0.25, -0.2) is 4.39 Å². The molecule has 1 aromatic carbocycles. The molecule has 0 bridgehead atoms. The molecule has 19 heavy (non-hydrogen) atoms. The van der Waals surface area contributed by atoms with Crippen LogP contribution in [0.2, 0.25) is 0 Å². The molecular weight excluding hydrogens is 247 g/mol. The zero-order chi connectivity index (χ0) is 14.0. The minimum atomic E-state index is -0.374. The molecule has 0 amide bonds. The van der Waals surface area contributed by atoms with Crippen molar-refractivity contribution in [1.82, 2.24) is 9.78 Å². The van der Waals surface area contributed by atoms with E-state index in [4.69, 9.17) is 4.74 Å². The van der Waals surface area contributed by atoms with Gasteiger partial charge in [-0.3, -0.25) is 9.48 Å². The summed E-state index contributed by atoms with van der Waals surface area (Å²) in [5.41, 5.74) is 0.784. The molecule has 0 atom stereocenters. The number of methoxy groups -OCH3 is 1. The summed E-state index contributed by atoms with van der Waals surface area (Å²) in [5.74, 6) is -0.188. The predicted molar refractivity (Wildman–Crippen MR) is 69.0 cm³/mol. The second-order valence-electron chi connectivity index (χ2n) is 4.44. The van der Waals surface area contributed by atoms with Gasteiger partial charge in [-0.1, -0.05) is 0 Å². The molecular formula is C14H15FN2O2. The molecule has 1 heterocycles. The van der Waals surface area contributed by atoms with Gasteiger partial charge in [0.2, 0.25) is 5.78 Å². The largest absolute Gasteiger partial charge is 0.493 e. The van der Waals surface area contributed by atoms with Gasteiger partial charge in [0.05, 0.1) is 13.3 Å². The van der Waals surface area contributed by atoms with Crippen LogP contribution in [0, 0.1) is 5.82 Å². The molecule has 0 fully saturated rings. The second-order valence-corrected chi connectivity index (χ2v) is 4.44. The van der Waals surface area contributed by atoms with E-state index < -0.39 is 0 Å². The number of nitrogens with zero attached hydrogens (tertiary/aromatic N) is 2. The second kappa shape index (κ2) is 5.22. The Bertz CT molecular complexity index is 588. The van der Waals surface area contributed by atoms with Crippen molar-refractivity contribution in [3.8, 4) is 5.75 Å². The van der Waals surface area contributed by atoms with E-state index in [0.717, 1.165) is 0 Å². The lowest BCUT2D eigenvalue weighted by Gasteiger charge is -2.11. The fraction of sp³-hybridized carbons (Fsp3) is 0.286. The molecule has 0 aliphatic rings. The molecule has 2 rings (SSSR count). The molecule has 0 saturated carbocycles. The Morgan fingerprint density at radius 1 is 1.32 bits per heavy atom. The van der Waals surface area contributed by atoms with Crippen molar-refractivity contribution in [1.29, 1.82) is 0 Å². The molecule has 1 aromatic heterocycles. The number of carbonyl (C=O) groups is 1. The van der Waals surface area contributed by atoms with E-state index in [-0.39, 0.29) is 17.6 Å². The number of ether oxygens (including phenoxy) is 1. The average Bonchev–Trinajstić information content (AvgIpc) is 2.82. The van der Waals surface area contributed by atoms with Crippen LogP contribution in [0.3, 0.4) is 0 Å². The maximum Gasteiger partial charge on any atom is 0.214 e. The standard InChI is InChI=1S/C14H15FN2O2/c1-9(2)17-13(12(19-3)8-16-17)14(18)10-4-6-11(15)7-5-10/h4-9H,1-3H3. The normalized spacial score (nSPS) is 10.8. The topological polar surface area (TPSA) is 44.1 Å². The van der Waals surface area contributed by atoms with Gasteiger partial charge in [0.15, 0.2) is 11.4 Å². The Balaban J connectivity index is 2.48. The summed E-state index contributed by atoms with van der Waals surface area (Å²) < 4.78 is 19.7. The summed E-state index contributed by atoms with van der Waals surface area (Å²) in [4.78, 5) is 12.5. The smallest absolute Gasteiger partial charge is 0.214 e. The molecule has 0 unspecified atom stereocenters. The third-order valence-electron chi connectivity index (χ3n) is 2.79. The monoisotopic (exact) mass is 262 g/mol. The zero-order valence-electron chi connectivity index (χ0n) is 11.1. The summed E-state index contributed by atoms with van der Waals surface area (Å²) in [5, 5.41) is 4.15. The highest BCUT2D eigenvalue weighted by Crippen LogP contribution is 2.24. The van der Waals surface area contributed by atoms with Crippen molar-refractivity contribution < 1.29 is 13.9 Å². The quantitative estimate of drug-likeness (QED) is 0.796. The number of benzene rings is 1. The number of hydrogen-bond acceptors (Lipinski definition) is 3. The van der Waals surface area contributed by atoms with Gasteiger partial charge < -0.3 is 4.74 Å². The zero-order valence-corrected chi connectivity index (χ0v) is 11.1. The van der Waals surface area contributed by atoms with Gasteiger partial charge in [-0.2, -0.15) is 5.10 Å². The Labute approximate surface area is 110 Å². The van der Waals surface area contributed by atoms with Crippen LogP contribution in [0.5, 0.6) is 5.75 Å². The molecule has 0 aliphatic heterocycles. The van der Waals surface area contributed by atoms with Gasteiger partial charge >= 0.3 is 0 Å². The van der Waals surface area contributed by atoms with E-state index >= 15 is 0 Å². The number of aromatic nitrogens is 2. The van der Waals surface area contributed by atoms with Crippen molar-refractivity contribution in [2.24, 2.45) is 0 Å². The molecule has 5 heteroatoms. The lowest BCUT2D eigenvalue weighted by Crippen LogP contribution is -2.14. The SMILES string of the molecule is COc1cnn(C(C)C)c1C(=O)c1ccc(F)cc1. The highest BCUT2D eigenvalue weighted by Gasteiger charge is 2.22. The summed E-state index contributed by atoms with van der Waals surface area (Å²) in [6, 6.07) is 5.46. The van der Waals surface area contributed by atoms with Crippen LogP contribution in [0.1, 0.15) is 35.9 Å². The fourth-order valence-corrected chi connectivity index (χ4v) is 1.84. The molecule has 4 nitrogen and oxygen atoms in total. The summed E-state index contributed by atoms with van der Waals surface area (Å²) in [6.45, 7) is 3.85. The molecule has 0 spiro atoms. The fourth-order valence-electron chi connectivity index (χ4n) is 1.84. The molecule has 100 valence electrons. The molecule has 0 saturated heterocycles. The van der Waals surface area contributed by atoms with Gasteiger partial charge in [0.1, 0.15) is 5.82 Å². The third kappa shape index (κ3) is 2.50. The predicted octanol–water partition coefficient (Wildman–Crippen LogP) is 2.84. The first-order valence-electron chi connectivity index (χ1n) is 5.96. The maximum atomic E-state index is 12.9. The maximum absolute atomic E-state index is 12.9. The molecule has 0 aliphatic carbocycles. The van der Waals surface area contributed by atoms with Crippen molar-refractivity contribution in [3.63, 3.8) is 0 Å². The van der Waals surface area contributed by atoms with Crippen LogP contribution in [0.4, 0.5) is 4.39 Å². The van der Waals surface area contributed by atoms with Crippen molar-refractivity contribution in [2.45, 2.75) is 19.9 Å². The number of ketones is 1. The van der Waals surface area contributed by atoms with Gasteiger partial charge in [0, 0.05) is 11.6 Å². The highest BCUT2D eigenvalue weighted by atomic mass is 19.1. The minimum Gasteiger partial charge on any atom is -0.493 e. The third-order valence-corrected chi connectivity index (χ3v) is 2.79. The van der Waals surface area contributed by atoms with Crippen molar-refractivity contribution in [3.05, 3.63) is 47.5 Å². The van der Waals surface area contributed by atoms with Crippen LogP contribution in [0.15, 0.2) is 30.5 Å². The van der Waals surface area contributed by atoms with E-state index in [9.17, 15) is 9.18 Å². The van der Waals surface area contributed by atoms with E-state index in [1.54, 1.807) is 4.68 Å². The van der Waals surface area contributed by atoms with Gasteiger partial charge in [-0.15, -0.1) is 0 Å². The van der Waals surface area contributed by atoms with Crippen LogP contribution < -0.4 is 4.74 Å². The Kier molecular flexibility index (Phi) is 3.64. The Morgan fingerprint density at radius 3 is 2.47 bits per heavy atom. The first-order valence-corrected chi connectivity index (χ1v) is 5.96. The van der Waals surface area contributed by atoms with Crippen LogP contribution >= 0.6 is 0 Å². The first kappa shape index (κ1) is 13.3. The summed E-state index contributed by atoms with van der Waals surface area (Å²) >= 11 is 0. The minimum absolute atomic E-state index is 0.0308. The van der Waals surface area contributed by atoms with Crippen LogP contribution in [-0.4, -0.2) is 22.7 Å². The van der Waals surface area contributed by atoms with E-state index in [1.807, 2.05) is 13.8 Å². The van der Waals surface area contributed by atoms with Gasteiger partial charge in [0.25, 0.3) is 0 Å². The lowest BCUT2D eigenvalue weighted by atomic mass is 10.1. The number of halogens is 1. The van der Waals surface area contributed by atoms with Gasteiger partial charge in [-0.05, 0) is 38.1 Å². The number of carbonyl (C=O) groups excluding carboxylic acids is 1. The highest BCUT2D eigenvalue weighted by molar-refractivity contribution is 6.09. The molecule has 0 radical (unpaired) electrons. The number of rotatable bonds is 4. The summed E-state index contributed by atoms with van der Waals surface area (Å²) in [7, 11) is 1.49. The van der Waals surface area contributed by atoms with Crippen LogP contribution in [-0.2, 0) is 0 Å². The van der Waals surface area contributed by atoms with Crippen LogP contribution in [0.25, 0.3) is 0 Å². The number of hydrogen-bond donors (Lipinski definition) is 0. The summed E-state index contributed by atoms with van der Waals surface area (Å²) in [6.07, 6.45) is 1.51. The Hall–Kier alpha value is -2.17. The van der Waals surface area contributed by atoms with Crippen molar-refractivity contribution >= 4 is 5.78 Å². The Morgan fingerprint density at radius 2 is 1.95 bits per heavy atom.